The molecule has 1 saturated heterocycles. The molecule has 1 heterocycles. The molecule has 1 atom stereocenters. The van der Waals surface area contributed by atoms with Gasteiger partial charge in [0, 0.05) is 13.7 Å². The highest BCUT2D eigenvalue weighted by Gasteiger charge is 2.46. The average Bonchev–Trinajstić information content (AvgIpc) is 2.61. The number of amides is 1. The molecule has 1 amide bonds. The fraction of sp³-hybridized carbons (Fsp3) is 0.824. The van der Waals surface area contributed by atoms with E-state index in [1.165, 1.54) is 12.0 Å². The van der Waals surface area contributed by atoms with Crippen molar-refractivity contribution >= 4 is 17.7 Å². The Labute approximate surface area is 137 Å². The number of rotatable bonds is 5. The number of hydrogen-bond acceptors (Lipinski definition) is 5. The standard InChI is InChI=1S/C17H27NO5/c1-3-23-16(21)13-9-5-8-12-18(13)15(20)14(19)17(22-2)10-6-4-7-11-17/h13H,3-12H2,1-2H3. The number of esters is 1. The summed E-state index contributed by atoms with van der Waals surface area (Å²) in [5, 5.41) is 0. The molecule has 0 aromatic rings. The van der Waals surface area contributed by atoms with Crippen LogP contribution >= 0.6 is 0 Å². The van der Waals surface area contributed by atoms with Gasteiger partial charge in [-0.1, -0.05) is 19.3 Å². The second-order valence-corrected chi connectivity index (χ2v) is 6.35. The second kappa shape index (κ2) is 7.90. The number of piperidine rings is 1. The van der Waals surface area contributed by atoms with Crippen LogP contribution in [0.4, 0.5) is 0 Å². The molecule has 1 saturated carbocycles. The lowest BCUT2D eigenvalue weighted by atomic mass is 9.80. The van der Waals surface area contributed by atoms with Crippen LogP contribution in [0.2, 0.25) is 0 Å². The summed E-state index contributed by atoms with van der Waals surface area (Å²) in [6.07, 6.45) is 6.19. The first-order valence-corrected chi connectivity index (χ1v) is 8.63. The minimum Gasteiger partial charge on any atom is -0.464 e. The van der Waals surface area contributed by atoms with E-state index in [0.717, 1.165) is 32.1 Å². The van der Waals surface area contributed by atoms with E-state index in [1.807, 2.05) is 0 Å². The highest BCUT2D eigenvalue weighted by atomic mass is 16.5. The van der Waals surface area contributed by atoms with E-state index in [4.69, 9.17) is 9.47 Å². The minimum atomic E-state index is -1.01. The van der Waals surface area contributed by atoms with Gasteiger partial charge in [0.15, 0.2) is 0 Å². The Balaban J connectivity index is 2.15. The van der Waals surface area contributed by atoms with E-state index in [1.54, 1.807) is 6.92 Å². The molecule has 23 heavy (non-hydrogen) atoms. The maximum atomic E-state index is 12.8. The van der Waals surface area contributed by atoms with Gasteiger partial charge in [-0.3, -0.25) is 9.59 Å². The molecule has 2 aliphatic rings. The van der Waals surface area contributed by atoms with Gasteiger partial charge in [-0.2, -0.15) is 0 Å². The molecule has 1 unspecified atom stereocenters. The Morgan fingerprint density at radius 1 is 1.09 bits per heavy atom. The predicted octanol–water partition coefficient (Wildman–Crippen LogP) is 1.85. The third-order valence-electron chi connectivity index (χ3n) is 4.98. The number of ketones is 1. The van der Waals surface area contributed by atoms with Crippen molar-refractivity contribution in [3.8, 4) is 0 Å². The molecule has 0 spiro atoms. The molecule has 0 bridgehead atoms. The normalized spacial score (nSPS) is 24.1. The van der Waals surface area contributed by atoms with Crippen molar-refractivity contribution in [2.45, 2.75) is 69.9 Å². The van der Waals surface area contributed by atoms with Gasteiger partial charge in [-0.25, -0.2) is 4.79 Å². The van der Waals surface area contributed by atoms with Crippen LogP contribution < -0.4 is 0 Å². The lowest BCUT2D eigenvalue weighted by Crippen LogP contribution is -2.56. The molecular weight excluding hydrogens is 298 g/mol. The van der Waals surface area contributed by atoms with E-state index in [-0.39, 0.29) is 6.61 Å². The number of Topliss-reactive ketones (excluding diaryl/α,β-unsaturated/α-hetero) is 1. The van der Waals surface area contributed by atoms with Gasteiger partial charge in [-0.05, 0) is 39.0 Å². The van der Waals surface area contributed by atoms with Crippen molar-refractivity contribution in [3.63, 3.8) is 0 Å². The highest BCUT2D eigenvalue weighted by molar-refractivity contribution is 6.39. The maximum Gasteiger partial charge on any atom is 0.328 e. The minimum absolute atomic E-state index is 0.271. The number of carbonyl (C=O) groups excluding carboxylic acids is 3. The van der Waals surface area contributed by atoms with Gasteiger partial charge in [0.05, 0.1) is 6.61 Å². The van der Waals surface area contributed by atoms with Crippen LogP contribution in [-0.4, -0.2) is 54.5 Å². The zero-order valence-electron chi connectivity index (χ0n) is 14.1. The quantitative estimate of drug-likeness (QED) is 0.570. The van der Waals surface area contributed by atoms with E-state index in [2.05, 4.69) is 0 Å². The van der Waals surface area contributed by atoms with Crippen LogP contribution in [0.1, 0.15) is 58.3 Å². The Bertz CT molecular complexity index is 456. The Hall–Kier alpha value is -1.43. The topological polar surface area (TPSA) is 72.9 Å². The summed E-state index contributed by atoms with van der Waals surface area (Å²) in [4.78, 5) is 39.1. The molecule has 0 N–H and O–H groups in total. The summed E-state index contributed by atoms with van der Waals surface area (Å²) < 4.78 is 10.5. The highest BCUT2D eigenvalue weighted by Crippen LogP contribution is 2.33. The Morgan fingerprint density at radius 3 is 2.39 bits per heavy atom. The van der Waals surface area contributed by atoms with E-state index in [9.17, 15) is 14.4 Å². The van der Waals surface area contributed by atoms with Gasteiger partial charge in [-0.15, -0.1) is 0 Å². The molecule has 130 valence electrons. The van der Waals surface area contributed by atoms with Gasteiger partial charge in [0.2, 0.25) is 0 Å². The number of hydrogen-bond donors (Lipinski definition) is 0. The van der Waals surface area contributed by atoms with Gasteiger partial charge >= 0.3 is 5.97 Å². The van der Waals surface area contributed by atoms with Crippen molar-refractivity contribution in [1.29, 1.82) is 0 Å². The first kappa shape index (κ1) is 17.9. The maximum absolute atomic E-state index is 12.8. The number of ether oxygens (including phenoxy) is 2. The molecule has 0 aromatic heterocycles. The largest absolute Gasteiger partial charge is 0.464 e. The summed E-state index contributed by atoms with van der Waals surface area (Å²) in [6.45, 7) is 2.43. The fourth-order valence-electron chi connectivity index (χ4n) is 3.63. The van der Waals surface area contributed by atoms with Crippen molar-refractivity contribution < 1.29 is 23.9 Å². The predicted molar refractivity (Wildman–Crippen MR) is 83.8 cm³/mol. The summed E-state index contributed by atoms with van der Waals surface area (Å²) in [5.74, 6) is -1.51. The van der Waals surface area contributed by atoms with Crippen molar-refractivity contribution in [3.05, 3.63) is 0 Å². The second-order valence-electron chi connectivity index (χ2n) is 6.35. The number of methoxy groups -OCH3 is 1. The molecule has 6 heteroatoms. The summed E-state index contributed by atoms with van der Waals surface area (Å²) in [7, 11) is 1.50. The molecule has 0 aromatic carbocycles. The molecule has 1 aliphatic carbocycles. The molecule has 2 rings (SSSR count). The van der Waals surface area contributed by atoms with Gasteiger partial charge in [0.1, 0.15) is 11.6 Å². The van der Waals surface area contributed by atoms with Crippen LogP contribution in [0, 0.1) is 0 Å². The summed E-state index contributed by atoms with van der Waals surface area (Å²) in [6, 6.07) is -0.641. The molecule has 2 fully saturated rings. The SMILES string of the molecule is CCOC(=O)C1CCCCN1C(=O)C(=O)C1(OC)CCCCC1. The van der Waals surface area contributed by atoms with E-state index >= 15 is 0 Å². The number of likely N-dealkylation sites (tertiary alicyclic amines) is 1. The third kappa shape index (κ3) is 3.74. The monoisotopic (exact) mass is 325 g/mol. The molecule has 6 nitrogen and oxygen atoms in total. The average molecular weight is 325 g/mol. The van der Waals surface area contributed by atoms with Crippen molar-refractivity contribution in [2.75, 3.05) is 20.3 Å². The number of nitrogens with zero attached hydrogens (tertiary/aromatic N) is 1. The summed E-state index contributed by atoms with van der Waals surface area (Å²) in [5.41, 5.74) is -1.01. The number of carbonyl (C=O) groups is 3. The molecule has 1 aliphatic heterocycles. The van der Waals surface area contributed by atoms with Crippen LogP contribution in [0.25, 0.3) is 0 Å². The van der Waals surface area contributed by atoms with Crippen molar-refractivity contribution in [2.24, 2.45) is 0 Å². The van der Waals surface area contributed by atoms with Crippen LogP contribution in [0.5, 0.6) is 0 Å². The molecule has 0 radical (unpaired) electrons. The third-order valence-corrected chi connectivity index (χ3v) is 4.98. The van der Waals surface area contributed by atoms with E-state index < -0.39 is 29.3 Å². The Morgan fingerprint density at radius 2 is 1.78 bits per heavy atom. The first-order valence-electron chi connectivity index (χ1n) is 8.63. The Kier molecular flexibility index (Phi) is 6.16. The van der Waals surface area contributed by atoms with Crippen LogP contribution in [0.3, 0.4) is 0 Å². The van der Waals surface area contributed by atoms with Gasteiger partial charge < -0.3 is 14.4 Å². The molecular formula is C17H27NO5. The van der Waals surface area contributed by atoms with Gasteiger partial charge in [0.25, 0.3) is 11.7 Å². The van der Waals surface area contributed by atoms with Crippen molar-refractivity contribution in [1.82, 2.24) is 4.90 Å². The van der Waals surface area contributed by atoms with Crippen LogP contribution in [-0.2, 0) is 23.9 Å². The summed E-state index contributed by atoms with van der Waals surface area (Å²) >= 11 is 0. The lowest BCUT2D eigenvalue weighted by molar-refractivity contribution is -0.166. The van der Waals surface area contributed by atoms with E-state index in [0.29, 0.717) is 25.8 Å². The fourth-order valence-corrected chi connectivity index (χ4v) is 3.63. The van der Waals surface area contributed by atoms with Crippen LogP contribution in [0.15, 0.2) is 0 Å². The zero-order chi connectivity index (χ0) is 16.9. The smallest absolute Gasteiger partial charge is 0.328 e. The zero-order valence-corrected chi connectivity index (χ0v) is 14.1. The first-order chi connectivity index (χ1) is 11.1. The lowest BCUT2D eigenvalue weighted by Gasteiger charge is -2.38.